The van der Waals surface area contributed by atoms with Crippen LogP contribution in [0.15, 0.2) is 42.5 Å². The molecule has 0 bridgehead atoms. The van der Waals surface area contributed by atoms with E-state index in [2.05, 4.69) is 5.32 Å². The molecule has 3 unspecified atom stereocenters. The highest BCUT2D eigenvalue weighted by Gasteiger charge is 2.30. The van der Waals surface area contributed by atoms with Gasteiger partial charge in [0.05, 0.1) is 6.10 Å². The van der Waals surface area contributed by atoms with Gasteiger partial charge >= 0.3 is 0 Å². The summed E-state index contributed by atoms with van der Waals surface area (Å²) >= 11 is 0. The number of phenolic OH excluding ortho intramolecular Hbond substituents is 3. The van der Waals surface area contributed by atoms with E-state index >= 15 is 0 Å². The summed E-state index contributed by atoms with van der Waals surface area (Å²) in [6, 6.07) is 12.0. The van der Waals surface area contributed by atoms with Crippen molar-refractivity contribution in [2.45, 2.75) is 43.9 Å². The fraction of sp³-hybridized carbons (Fsp3) is 0.368. The van der Waals surface area contributed by atoms with Crippen molar-refractivity contribution in [2.24, 2.45) is 0 Å². The maximum absolute atomic E-state index is 10.5. The third-order valence-electron chi connectivity index (χ3n) is 4.72. The summed E-state index contributed by atoms with van der Waals surface area (Å²) in [7, 11) is 0. The molecule has 0 amide bonds. The smallest absolute Gasteiger partial charge is 0.157 e. The minimum atomic E-state index is -0.713. The average Bonchev–Trinajstić information content (AvgIpc) is 3.05. The highest BCUT2D eigenvalue weighted by molar-refractivity contribution is 5.41. The Morgan fingerprint density at radius 2 is 1.71 bits per heavy atom. The van der Waals surface area contributed by atoms with Crippen LogP contribution in [0, 0.1) is 0 Å². The number of benzene rings is 2. The molecule has 5 heteroatoms. The molecule has 1 aliphatic heterocycles. The number of aliphatic hydroxyl groups excluding tert-OH is 1. The first kappa shape index (κ1) is 16.6. The molecule has 0 saturated carbocycles. The Hall–Kier alpha value is -2.24. The molecule has 3 rings (SSSR count). The maximum Gasteiger partial charge on any atom is 0.157 e. The molecule has 5 nitrogen and oxygen atoms in total. The van der Waals surface area contributed by atoms with E-state index < -0.39 is 6.10 Å². The number of phenols is 3. The first-order valence-corrected chi connectivity index (χ1v) is 8.27. The van der Waals surface area contributed by atoms with Crippen molar-refractivity contribution in [3.05, 3.63) is 53.6 Å². The van der Waals surface area contributed by atoms with Crippen LogP contribution in [0.4, 0.5) is 0 Å². The molecule has 1 heterocycles. The normalized spacial score (nSPS) is 21.7. The molecule has 2 aromatic rings. The second-order valence-corrected chi connectivity index (χ2v) is 6.45. The minimum absolute atomic E-state index is 0.0567. The van der Waals surface area contributed by atoms with Crippen LogP contribution in [-0.4, -0.2) is 32.5 Å². The van der Waals surface area contributed by atoms with Gasteiger partial charge in [0, 0.05) is 12.1 Å². The van der Waals surface area contributed by atoms with E-state index in [1.54, 1.807) is 18.2 Å². The molecule has 128 valence electrons. The molecule has 3 atom stereocenters. The Bertz CT molecular complexity index is 686. The van der Waals surface area contributed by atoms with Gasteiger partial charge in [-0.25, -0.2) is 0 Å². The summed E-state index contributed by atoms with van der Waals surface area (Å²) in [6.07, 6.45) is 3.03. The summed E-state index contributed by atoms with van der Waals surface area (Å²) in [4.78, 5) is 0. The van der Waals surface area contributed by atoms with Gasteiger partial charge in [0.2, 0.25) is 0 Å². The van der Waals surface area contributed by atoms with Crippen LogP contribution in [0.1, 0.15) is 36.5 Å². The van der Waals surface area contributed by atoms with Crippen molar-refractivity contribution in [3.63, 3.8) is 0 Å². The lowest BCUT2D eigenvalue weighted by molar-refractivity contribution is 0.134. The van der Waals surface area contributed by atoms with Crippen molar-refractivity contribution >= 4 is 0 Å². The van der Waals surface area contributed by atoms with Crippen LogP contribution >= 0.6 is 0 Å². The number of nitrogens with one attached hydrogen (secondary N) is 1. The standard InChI is InChI=1S/C19H23NO4/c21-15-7-2-12(3-8-15)1-5-14-6-9-16(20-14)19(24)13-4-10-17(22)18(23)11-13/h2-4,7-8,10-11,14,16,19-24H,1,5-6,9H2. The zero-order valence-corrected chi connectivity index (χ0v) is 13.4. The van der Waals surface area contributed by atoms with Crippen molar-refractivity contribution in [3.8, 4) is 17.2 Å². The van der Waals surface area contributed by atoms with Crippen LogP contribution in [0.5, 0.6) is 17.2 Å². The van der Waals surface area contributed by atoms with Crippen molar-refractivity contribution < 1.29 is 20.4 Å². The number of aryl methyl sites for hydroxylation is 1. The zero-order valence-electron chi connectivity index (χ0n) is 13.4. The largest absolute Gasteiger partial charge is 0.508 e. The van der Waals surface area contributed by atoms with Crippen molar-refractivity contribution in [1.29, 1.82) is 0 Å². The van der Waals surface area contributed by atoms with Crippen LogP contribution in [0.25, 0.3) is 0 Å². The first-order valence-electron chi connectivity index (χ1n) is 8.27. The van der Waals surface area contributed by atoms with Crippen molar-refractivity contribution in [2.75, 3.05) is 0 Å². The quantitative estimate of drug-likeness (QED) is 0.544. The lowest BCUT2D eigenvalue weighted by Crippen LogP contribution is -2.34. The van der Waals surface area contributed by atoms with Crippen molar-refractivity contribution in [1.82, 2.24) is 5.32 Å². The Kier molecular flexibility index (Phi) is 4.92. The molecule has 0 aliphatic carbocycles. The van der Waals surface area contributed by atoms with Gasteiger partial charge < -0.3 is 25.7 Å². The fourth-order valence-electron chi connectivity index (χ4n) is 3.29. The number of aromatic hydroxyl groups is 3. The molecule has 5 N–H and O–H groups in total. The van der Waals surface area contributed by atoms with Gasteiger partial charge in [0.15, 0.2) is 11.5 Å². The van der Waals surface area contributed by atoms with Gasteiger partial charge in [-0.3, -0.25) is 0 Å². The number of rotatable bonds is 5. The summed E-state index contributed by atoms with van der Waals surface area (Å²) in [5.74, 6) is -0.122. The molecular weight excluding hydrogens is 306 g/mol. The van der Waals surface area contributed by atoms with Gasteiger partial charge in [0.1, 0.15) is 5.75 Å². The van der Waals surface area contributed by atoms with Gasteiger partial charge in [-0.1, -0.05) is 18.2 Å². The lowest BCUT2D eigenvalue weighted by Gasteiger charge is -2.21. The number of hydrogen-bond acceptors (Lipinski definition) is 5. The molecule has 0 spiro atoms. The molecular formula is C19H23NO4. The third kappa shape index (κ3) is 3.80. The summed E-state index contributed by atoms with van der Waals surface area (Å²) in [5.41, 5.74) is 1.78. The predicted octanol–water partition coefficient (Wildman–Crippen LogP) is 2.59. The molecule has 24 heavy (non-hydrogen) atoms. The minimum Gasteiger partial charge on any atom is -0.508 e. The van der Waals surface area contributed by atoms with Gasteiger partial charge in [0.25, 0.3) is 0 Å². The Balaban J connectivity index is 1.54. The molecule has 1 fully saturated rings. The highest BCUT2D eigenvalue weighted by atomic mass is 16.3. The average molecular weight is 329 g/mol. The lowest BCUT2D eigenvalue weighted by atomic mass is 10.0. The first-order chi connectivity index (χ1) is 11.5. The molecule has 1 aliphatic rings. The van der Waals surface area contributed by atoms with Crippen LogP contribution in [0.2, 0.25) is 0 Å². The van der Waals surface area contributed by atoms with Gasteiger partial charge in [-0.2, -0.15) is 0 Å². The number of hydrogen-bond donors (Lipinski definition) is 5. The summed E-state index contributed by atoms with van der Waals surface area (Å²) in [5, 5.41) is 42.2. The topological polar surface area (TPSA) is 93.0 Å². The maximum atomic E-state index is 10.5. The Labute approximate surface area is 141 Å². The SMILES string of the molecule is Oc1ccc(CCC2CCC(C(O)c3ccc(O)c(O)c3)N2)cc1. The Morgan fingerprint density at radius 3 is 2.42 bits per heavy atom. The van der Waals surface area contributed by atoms with Crippen LogP contribution in [0.3, 0.4) is 0 Å². The second kappa shape index (κ2) is 7.11. The molecule has 0 aromatic heterocycles. The molecule has 0 radical (unpaired) electrons. The van der Waals surface area contributed by atoms with Crippen LogP contribution in [-0.2, 0) is 6.42 Å². The monoisotopic (exact) mass is 329 g/mol. The van der Waals surface area contributed by atoms with E-state index in [1.165, 1.54) is 17.7 Å². The van der Waals surface area contributed by atoms with E-state index in [9.17, 15) is 20.4 Å². The number of aliphatic hydroxyl groups is 1. The van der Waals surface area contributed by atoms with Crippen LogP contribution < -0.4 is 5.32 Å². The molecule has 1 saturated heterocycles. The Morgan fingerprint density at radius 1 is 0.958 bits per heavy atom. The third-order valence-corrected chi connectivity index (χ3v) is 4.72. The predicted molar refractivity (Wildman–Crippen MR) is 91.1 cm³/mol. The molecule has 2 aromatic carbocycles. The van der Waals surface area contributed by atoms with E-state index in [0.29, 0.717) is 11.6 Å². The fourth-order valence-corrected chi connectivity index (χ4v) is 3.29. The van der Waals surface area contributed by atoms with E-state index in [4.69, 9.17) is 0 Å². The van der Waals surface area contributed by atoms with E-state index in [-0.39, 0.29) is 23.3 Å². The summed E-state index contributed by atoms with van der Waals surface area (Å²) in [6.45, 7) is 0. The van der Waals surface area contributed by atoms with Gasteiger partial charge in [-0.05, 0) is 61.1 Å². The van der Waals surface area contributed by atoms with Gasteiger partial charge in [-0.15, -0.1) is 0 Å². The second-order valence-electron chi connectivity index (χ2n) is 6.45. The van der Waals surface area contributed by atoms with E-state index in [1.807, 2.05) is 12.1 Å². The summed E-state index contributed by atoms with van der Waals surface area (Å²) < 4.78 is 0. The zero-order chi connectivity index (χ0) is 17.1. The highest BCUT2D eigenvalue weighted by Crippen LogP contribution is 2.32. The van der Waals surface area contributed by atoms with E-state index in [0.717, 1.165) is 25.7 Å².